The van der Waals surface area contributed by atoms with Gasteiger partial charge in [-0.05, 0) is 81.2 Å². The standard InChI is InChI=1S/2C38H51NO20/c1-16(42)39-27-22(44)12-38(37(52)53,59-35(27)28(46)23(45)13-40)55-15-26-30(48)31(49)33(51)36(57-26)58-34-25(14-41)56-24(29(47)32(34)50)11-20(43)7-4-17-3-5-19-10-21(54-2)8-6-18(19)9-17;1-16(43)39-27-22(45)12-38(37(52)53,58-34(27)28(47)23(46)13-40)59-35-30(49)25(14-41)56-36(32(35)51)57-33-26(15-42)55-24(29(48)31(33)50)11-20(44)7-4-17-3-5-19-10-21(54-2)8-6-18(19)9-17/h3-10,22-36,40-41,44-51H,11-15H2,1-2H3,(H,39,42)(H,52,53);3-10,22-36,40-42,45-51H,11-15H2,1-2H3,(H,39,43)(H,52,53)/b2*7-4+/t22-,23+,24-,25+,26+,27+,28+,29-,30-,31-,32+,33+,34+,35+,36-,38+;22-,23+,24-,25+,26+,27+,28+,29-,30-,31+,32+,33+,34+,35-,36-,38-/m00/s1. The molecule has 42 nitrogen and oxygen atoms in total. The molecular formula is C76H102N2O40. The first-order chi connectivity index (χ1) is 55.9. The first-order valence-electron chi connectivity index (χ1n) is 37.3. The van der Waals surface area contributed by atoms with Gasteiger partial charge in [-0.15, -0.1) is 0 Å². The predicted molar refractivity (Wildman–Crippen MR) is 394 cm³/mol. The monoisotopic (exact) mass is 1680 g/mol. The van der Waals surface area contributed by atoms with Crippen molar-refractivity contribution in [3.8, 4) is 11.5 Å². The van der Waals surface area contributed by atoms with Crippen molar-refractivity contribution in [1.29, 1.82) is 0 Å². The fraction of sp³-hybridized carbons (Fsp3) is 0.605. The lowest BCUT2D eigenvalue weighted by Crippen LogP contribution is -2.70. The highest BCUT2D eigenvalue weighted by Crippen LogP contribution is 2.41. The van der Waals surface area contributed by atoms with Crippen molar-refractivity contribution in [1.82, 2.24) is 10.6 Å². The third-order valence-corrected chi connectivity index (χ3v) is 21.1. The van der Waals surface area contributed by atoms with Gasteiger partial charge in [0.2, 0.25) is 11.8 Å². The number of methoxy groups -OCH3 is 2. The van der Waals surface area contributed by atoms with Crippen molar-refractivity contribution in [3.05, 3.63) is 96.1 Å². The molecule has 0 spiro atoms. The summed E-state index contributed by atoms with van der Waals surface area (Å²) in [6.45, 7) is -3.67. The van der Waals surface area contributed by atoms with E-state index in [0.29, 0.717) is 22.6 Å². The number of nitrogens with one attached hydrogen (secondary N) is 2. The molecule has 0 aliphatic carbocycles. The molecule has 4 aromatic rings. The number of aliphatic hydroxyl groups is 20. The van der Waals surface area contributed by atoms with Crippen LogP contribution in [0.5, 0.6) is 11.5 Å². The zero-order valence-electron chi connectivity index (χ0n) is 63.8. The maximum absolute atomic E-state index is 13.0. The molecule has 0 aromatic heterocycles. The molecule has 6 aliphatic heterocycles. The molecule has 24 N–H and O–H groups in total. The van der Waals surface area contributed by atoms with Gasteiger partial charge in [0.25, 0.3) is 11.6 Å². The van der Waals surface area contributed by atoms with Crippen molar-refractivity contribution in [2.75, 3.05) is 53.9 Å². The minimum Gasteiger partial charge on any atom is -0.497 e. The predicted octanol–water partition coefficient (Wildman–Crippen LogP) is -8.68. The zero-order valence-corrected chi connectivity index (χ0v) is 63.8. The third kappa shape index (κ3) is 21.9. The van der Waals surface area contributed by atoms with Crippen LogP contribution in [0.25, 0.3) is 33.7 Å². The van der Waals surface area contributed by atoms with Gasteiger partial charge in [-0.25, -0.2) is 9.59 Å². The molecule has 0 unspecified atom stereocenters. The van der Waals surface area contributed by atoms with E-state index in [1.807, 2.05) is 48.5 Å². The Bertz CT molecular complexity index is 4100. The summed E-state index contributed by atoms with van der Waals surface area (Å²) in [6, 6.07) is 18.9. The minimum absolute atomic E-state index is 0.430. The summed E-state index contributed by atoms with van der Waals surface area (Å²) >= 11 is 0. The Morgan fingerprint density at radius 2 is 0.847 bits per heavy atom. The van der Waals surface area contributed by atoms with E-state index in [1.54, 1.807) is 50.6 Å². The van der Waals surface area contributed by atoms with E-state index in [1.165, 1.54) is 12.2 Å². The van der Waals surface area contributed by atoms with Crippen molar-refractivity contribution in [2.24, 2.45) is 0 Å². The van der Waals surface area contributed by atoms with Gasteiger partial charge in [-0.3, -0.25) is 19.2 Å². The van der Waals surface area contributed by atoms with E-state index in [9.17, 15) is 141 Å². The van der Waals surface area contributed by atoms with Crippen molar-refractivity contribution in [2.45, 2.75) is 234 Å². The van der Waals surface area contributed by atoms with Gasteiger partial charge in [0.15, 0.2) is 24.1 Å². The van der Waals surface area contributed by atoms with Gasteiger partial charge < -0.3 is 180 Å². The van der Waals surface area contributed by atoms with Gasteiger partial charge in [-0.1, -0.05) is 48.6 Å². The molecule has 4 aromatic carbocycles. The quantitative estimate of drug-likeness (QED) is 0.0202. The summed E-state index contributed by atoms with van der Waals surface area (Å²) in [7, 11) is 3.11. The Kier molecular flexibility index (Phi) is 33.1. The topological polar surface area (TPSA) is 682 Å². The van der Waals surface area contributed by atoms with Crippen LogP contribution < -0.4 is 20.1 Å². The van der Waals surface area contributed by atoms with Crippen LogP contribution in [0.1, 0.15) is 50.7 Å². The van der Waals surface area contributed by atoms with Gasteiger partial charge in [-0.2, -0.15) is 0 Å². The van der Waals surface area contributed by atoms with Gasteiger partial charge in [0.05, 0.1) is 90.4 Å². The number of ether oxygens (including phenoxy) is 12. The number of allylic oxidation sites excluding steroid dienone is 2. The van der Waals surface area contributed by atoms with E-state index in [0.717, 1.165) is 35.4 Å². The number of amides is 2. The summed E-state index contributed by atoms with van der Waals surface area (Å²) in [4.78, 5) is 75.0. The number of carboxylic acids is 2. The SMILES string of the molecule is COc1ccc2cc(/C=C/C(=O)C[C@@H]3O[C@H](CO)[C@@H](O[C@@H]4O[C@H](CO)[C@H](O)[C@H](O[C@]5(C(=O)O)C[C@H](O)[C@@H](NC(C)=O)[C@H]([C@H](O)[C@H](O)CO)O5)[C@H]4O)[C@H](O)[C@H]3O)ccc2c1.COc1ccc2cc(/C=C/C(=O)C[C@@H]3O[C@H](CO)[C@@H](O[C@@H]4O[C@H](CO[C@]5(C(=O)O)C[C@H](O)[C@@H](NC(C)=O)[C@H]([C@H](O)[C@H](O)CO)O5)[C@H](O)[C@H](O)[C@H]4O)[C@H](O)[C@H]3O)ccc2c1. The van der Waals surface area contributed by atoms with Crippen molar-refractivity contribution >= 4 is 69.0 Å². The minimum atomic E-state index is -3.06. The Morgan fingerprint density at radius 3 is 1.25 bits per heavy atom. The first kappa shape index (κ1) is 94.4. The Balaban J connectivity index is 0.000000269. The van der Waals surface area contributed by atoms with Crippen LogP contribution >= 0.6 is 0 Å². The van der Waals surface area contributed by atoms with E-state index >= 15 is 0 Å². The number of aliphatic carboxylic acids is 2. The molecule has 2 amide bonds. The molecule has 6 heterocycles. The van der Waals surface area contributed by atoms with Crippen LogP contribution in [-0.4, -0.2) is 396 Å². The number of hydrogen-bond donors (Lipinski definition) is 24. The lowest BCUT2D eigenvalue weighted by molar-refractivity contribution is -0.381. The Labute approximate surface area is 671 Å². The maximum Gasteiger partial charge on any atom is 0.364 e. The molecule has 6 saturated heterocycles. The average molecular weight is 1680 g/mol. The largest absolute Gasteiger partial charge is 0.497 e. The summed E-state index contributed by atoms with van der Waals surface area (Å²) in [5.74, 6) is -10.9. The van der Waals surface area contributed by atoms with E-state index in [2.05, 4.69) is 10.6 Å². The van der Waals surface area contributed by atoms with Crippen LogP contribution in [0.15, 0.2) is 84.9 Å². The molecule has 0 bridgehead atoms. The molecule has 0 saturated carbocycles. The molecule has 118 heavy (non-hydrogen) atoms. The second-order valence-corrected chi connectivity index (χ2v) is 29.3. The van der Waals surface area contributed by atoms with Crippen LogP contribution in [-0.2, 0) is 76.1 Å². The molecule has 32 atom stereocenters. The fourth-order valence-electron chi connectivity index (χ4n) is 14.6. The highest BCUT2D eigenvalue weighted by molar-refractivity contribution is 5.96. The Morgan fingerprint density at radius 1 is 0.458 bits per heavy atom. The van der Waals surface area contributed by atoms with E-state index < -0.39 is 296 Å². The van der Waals surface area contributed by atoms with Crippen LogP contribution in [0.2, 0.25) is 0 Å². The fourth-order valence-corrected chi connectivity index (χ4v) is 14.6. The van der Waals surface area contributed by atoms with Crippen LogP contribution in [0.3, 0.4) is 0 Å². The Hall–Kier alpha value is -7.50. The normalized spacial score (nSPS) is 36.2. The first-order valence-corrected chi connectivity index (χ1v) is 37.3. The lowest BCUT2D eigenvalue weighted by atomic mass is 9.88. The average Bonchev–Trinajstić information content (AvgIpc) is 0.752. The number of benzene rings is 4. The molecule has 10 rings (SSSR count). The smallest absolute Gasteiger partial charge is 0.364 e. The van der Waals surface area contributed by atoms with Crippen LogP contribution in [0, 0.1) is 0 Å². The van der Waals surface area contributed by atoms with E-state index in [-0.39, 0.29) is 0 Å². The molecule has 6 fully saturated rings. The lowest BCUT2D eigenvalue weighted by Gasteiger charge is -2.50. The van der Waals surface area contributed by atoms with Gasteiger partial charge >= 0.3 is 11.9 Å². The second kappa shape index (κ2) is 41.4. The third-order valence-electron chi connectivity index (χ3n) is 21.1. The number of fused-ring (bicyclic) bond motifs is 2. The van der Waals surface area contributed by atoms with Crippen molar-refractivity contribution < 1.29 is 198 Å². The highest BCUT2D eigenvalue weighted by atomic mass is 16.8. The number of aliphatic hydroxyl groups excluding tert-OH is 20. The second-order valence-electron chi connectivity index (χ2n) is 29.3. The summed E-state index contributed by atoms with van der Waals surface area (Å²) in [6.07, 6.45) is -49.2. The number of carbonyl (C=O) groups excluding carboxylic acids is 4. The molecule has 656 valence electrons. The van der Waals surface area contributed by atoms with Gasteiger partial charge in [0.1, 0.15) is 146 Å². The van der Waals surface area contributed by atoms with Crippen molar-refractivity contribution in [3.63, 3.8) is 0 Å². The summed E-state index contributed by atoms with van der Waals surface area (Å²) in [5.41, 5.74) is 1.39. The number of carbonyl (C=O) groups is 6. The molecule has 42 heteroatoms. The molecular weight excluding hydrogens is 1580 g/mol. The zero-order chi connectivity index (χ0) is 86.7. The molecule has 0 radical (unpaired) electrons. The maximum atomic E-state index is 13.0. The summed E-state index contributed by atoms with van der Waals surface area (Å²) in [5, 5.41) is 240. The number of ketones is 2. The highest BCUT2D eigenvalue weighted by Gasteiger charge is 2.62. The number of carboxylic acid groups (broad SMARTS) is 2. The van der Waals surface area contributed by atoms with Gasteiger partial charge in [0, 0.05) is 39.5 Å². The van der Waals surface area contributed by atoms with Crippen LogP contribution in [0.4, 0.5) is 0 Å². The number of rotatable bonds is 32. The van der Waals surface area contributed by atoms with E-state index in [4.69, 9.17) is 56.8 Å². The molecule has 6 aliphatic rings. The summed E-state index contributed by atoms with van der Waals surface area (Å²) < 4.78 is 66.8. The number of hydrogen-bond acceptors (Lipinski definition) is 38.